The number of rotatable bonds is 9. The summed E-state index contributed by atoms with van der Waals surface area (Å²) in [5.74, 6) is -1.14. The van der Waals surface area contributed by atoms with Crippen LogP contribution >= 0.6 is 11.3 Å². The van der Waals surface area contributed by atoms with Gasteiger partial charge >= 0.3 is 11.9 Å². The molecule has 0 bridgehead atoms. The van der Waals surface area contributed by atoms with Crippen LogP contribution < -0.4 is 5.43 Å². The van der Waals surface area contributed by atoms with E-state index in [1.54, 1.807) is 18.5 Å². The number of esters is 1. The highest BCUT2D eigenvalue weighted by Gasteiger charge is 2.08. The molecule has 2 N–H and O–H groups in total. The van der Waals surface area contributed by atoms with Crippen molar-refractivity contribution in [2.24, 2.45) is 5.10 Å². The Kier molecular flexibility index (Phi) is 7.29. The molecule has 2 aromatic carbocycles. The van der Waals surface area contributed by atoms with Gasteiger partial charge in [0, 0.05) is 5.38 Å². The predicted octanol–water partition coefficient (Wildman–Crippen LogP) is 3.99. The van der Waals surface area contributed by atoms with E-state index in [2.05, 4.69) is 15.5 Å². The molecular formula is C22H21N3O4S. The third-order valence-corrected chi connectivity index (χ3v) is 4.91. The van der Waals surface area contributed by atoms with Crippen molar-refractivity contribution in [3.05, 3.63) is 70.7 Å². The van der Waals surface area contributed by atoms with Gasteiger partial charge in [0.15, 0.2) is 0 Å². The van der Waals surface area contributed by atoms with Crippen molar-refractivity contribution in [3.8, 4) is 11.1 Å². The zero-order chi connectivity index (χ0) is 21.3. The van der Waals surface area contributed by atoms with E-state index in [9.17, 15) is 9.59 Å². The molecule has 7 nitrogen and oxygen atoms in total. The van der Waals surface area contributed by atoms with E-state index in [1.807, 2.05) is 48.5 Å². The number of nitrogens with one attached hydrogen (secondary N) is 1. The van der Waals surface area contributed by atoms with Gasteiger partial charge in [-0.25, -0.2) is 4.98 Å². The number of hydrogen-bond donors (Lipinski definition) is 2. The zero-order valence-electron chi connectivity index (χ0n) is 16.4. The van der Waals surface area contributed by atoms with Gasteiger partial charge in [0.25, 0.3) is 0 Å². The van der Waals surface area contributed by atoms with Crippen LogP contribution in [0.1, 0.15) is 23.7 Å². The summed E-state index contributed by atoms with van der Waals surface area (Å²) in [6.07, 6.45) is 1.85. The third-order valence-electron chi connectivity index (χ3n) is 4.11. The van der Waals surface area contributed by atoms with E-state index in [0.717, 1.165) is 22.3 Å². The smallest absolute Gasteiger partial charge is 0.311 e. The predicted molar refractivity (Wildman–Crippen MR) is 117 cm³/mol. The van der Waals surface area contributed by atoms with E-state index < -0.39 is 5.97 Å². The quantitative estimate of drug-likeness (QED) is 0.307. The molecule has 3 rings (SSSR count). The number of carboxylic acid groups (broad SMARTS) is 1. The first-order valence-electron chi connectivity index (χ1n) is 9.33. The first-order chi connectivity index (χ1) is 14.5. The number of ether oxygens (including phenoxy) is 1. The van der Waals surface area contributed by atoms with Crippen LogP contribution in [0.5, 0.6) is 0 Å². The summed E-state index contributed by atoms with van der Waals surface area (Å²) in [5.41, 5.74) is 7.25. The molecule has 0 aliphatic rings. The average molecular weight is 423 g/mol. The summed E-state index contributed by atoms with van der Waals surface area (Å²) in [7, 11) is 0. The molecule has 1 aromatic heterocycles. The van der Waals surface area contributed by atoms with Gasteiger partial charge in [-0.2, -0.15) is 5.10 Å². The molecule has 0 spiro atoms. The van der Waals surface area contributed by atoms with Crippen LogP contribution in [0.4, 0.5) is 5.13 Å². The Morgan fingerprint density at radius 1 is 1.10 bits per heavy atom. The second-order valence-electron chi connectivity index (χ2n) is 6.39. The number of hydrazone groups is 1. The third kappa shape index (κ3) is 6.25. The number of thiazole rings is 1. The maximum absolute atomic E-state index is 11.5. The Morgan fingerprint density at radius 2 is 1.77 bits per heavy atom. The fraction of sp³-hybridized carbons (Fsp3) is 0.182. The second-order valence-corrected chi connectivity index (χ2v) is 7.24. The van der Waals surface area contributed by atoms with E-state index >= 15 is 0 Å². The Morgan fingerprint density at radius 3 is 2.40 bits per heavy atom. The summed E-state index contributed by atoms with van der Waals surface area (Å²) < 4.78 is 4.91. The number of carbonyl (C=O) groups is 2. The lowest BCUT2D eigenvalue weighted by molar-refractivity contribution is -0.142. The number of nitrogens with zero attached hydrogens (tertiary/aromatic N) is 2. The molecule has 0 saturated heterocycles. The molecule has 0 aliphatic carbocycles. The highest BCUT2D eigenvalue weighted by molar-refractivity contribution is 7.13. The summed E-state index contributed by atoms with van der Waals surface area (Å²) in [5, 5.41) is 15.4. The van der Waals surface area contributed by atoms with Crippen LogP contribution in [0, 0.1) is 0 Å². The van der Waals surface area contributed by atoms with Crippen molar-refractivity contribution in [2.75, 3.05) is 12.0 Å². The second kappa shape index (κ2) is 10.3. The molecule has 0 aliphatic heterocycles. The van der Waals surface area contributed by atoms with Crippen molar-refractivity contribution in [1.82, 2.24) is 4.98 Å². The molecule has 1 heterocycles. The van der Waals surface area contributed by atoms with Gasteiger partial charge in [0.1, 0.15) is 0 Å². The van der Waals surface area contributed by atoms with Gasteiger partial charge < -0.3 is 9.84 Å². The molecule has 0 atom stereocenters. The van der Waals surface area contributed by atoms with Crippen LogP contribution in [-0.2, 0) is 27.2 Å². The lowest BCUT2D eigenvalue weighted by Gasteiger charge is -2.04. The summed E-state index contributed by atoms with van der Waals surface area (Å²) in [4.78, 5) is 26.5. The molecule has 30 heavy (non-hydrogen) atoms. The first-order valence-corrected chi connectivity index (χ1v) is 10.2. The largest absolute Gasteiger partial charge is 0.481 e. The van der Waals surface area contributed by atoms with Gasteiger partial charge in [-0.3, -0.25) is 15.0 Å². The monoisotopic (exact) mass is 423 g/mol. The lowest BCUT2D eigenvalue weighted by atomic mass is 10.0. The van der Waals surface area contributed by atoms with Crippen molar-refractivity contribution in [3.63, 3.8) is 0 Å². The van der Waals surface area contributed by atoms with Gasteiger partial charge in [0.05, 0.1) is 31.4 Å². The average Bonchev–Trinajstić information content (AvgIpc) is 3.16. The summed E-state index contributed by atoms with van der Waals surface area (Å²) >= 11 is 1.37. The Bertz CT molecular complexity index is 1030. The summed E-state index contributed by atoms with van der Waals surface area (Å²) in [6.45, 7) is 2.12. The van der Waals surface area contributed by atoms with Crippen LogP contribution in [0.25, 0.3) is 11.1 Å². The Labute approximate surface area is 178 Å². The Balaban J connectivity index is 1.55. The molecular weight excluding hydrogens is 402 g/mol. The van der Waals surface area contributed by atoms with Crippen molar-refractivity contribution < 1.29 is 19.4 Å². The highest BCUT2D eigenvalue weighted by Crippen LogP contribution is 2.20. The van der Waals surface area contributed by atoms with E-state index in [-0.39, 0.29) is 18.8 Å². The molecule has 0 fully saturated rings. The van der Waals surface area contributed by atoms with Crippen LogP contribution in [0.2, 0.25) is 0 Å². The summed E-state index contributed by atoms with van der Waals surface area (Å²) in [6, 6.07) is 15.3. The minimum atomic E-state index is -0.840. The number of anilines is 1. The zero-order valence-corrected chi connectivity index (χ0v) is 17.2. The van der Waals surface area contributed by atoms with Gasteiger partial charge in [-0.15, -0.1) is 11.3 Å². The Hall–Kier alpha value is -3.52. The fourth-order valence-corrected chi connectivity index (χ4v) is 3.37. The topological polar surface area (TPSA) is 101 Å². The minimum Gasteiger partial charge on any atom is -0.481 e. The maximum Gasteiger partial charge on any atom is 0.311 e. The molecule has 0 unspecified atom stereocenters. The van der Waals surface area contributed by atoms with Gasteiger partial charge in [0.2, 0.25) is 5.13 Å². The lowest BCUT2D eigenvalue weighted by Crippen LogP contribution is -2.07. The van der Waals surface area contributed by atoms with Crippen molar-refractivity contribution in [1.29, 1.82) is 0 Å². The van der Waals surface area contributed by atoms with Gasteiger partial charge in [-0.05, 0) is 29.2 Å². The van der Waals surface area contributed by atoms with Crippen molar-refractivity contribution in [2.45, 2.75) is 19.8 Å². The molecule has 8 heteroatoms. The SMILES string of the molecule is CCOC(=O)Cc1csc(NN=Cc2ccc(-c3ccc(CC(=O)O)cc3)cc2)n1. The van der Waals surface area contributed by atoms with E-state index in [0.29, 0.717) is 17.4 Å². The van der Waals surface area contributed by atoms with Crippen LogP contribution in [0.15, 0.2) is 59.0 Å². The number of carboxylic acids is 1. The minimum absolute atomic E-state index is 0.0199. The normalized spacial score (nSPS) is 10.8. The molecule has 0 radical (unpaired) electrons. The van der Waals surface area contributed by atoms with Crippen LogP contribution in [0.3, 0.4) is 0 Å². The number of carbonyl (C=O) groups excluding carboxylic acids is 1. The van der Waals surface area contributed by atoms with Gasteiger partial charge in [-0.1, -0.05) is 48.5 Å². The number of hydrogen-bond acceptors (Lipinski definition) is 7. The van der Waals surface area contributed by atoms with Crippen LogP contribution in [-0.4, -0.2) is 34.9 Å². The molecule has 0 saturated carbocycles. The number of aromatic nitrogens is 1. The van der Waals surface area contributed by atoms with E-state index in [1.165, 1.54) is 11.3 Å². The highest BCUT2D eigenvalue weighted by atomic mass is 32.1. The van der Waals surface area contributed by atoms with E-state index in [4.69, 9.17) is 9.84 Å². The first kappa shape index (κ1) is 21.2. The number of benzene rings is 2. The standard InChI is InChI=1S/C22H21N3O4S/c1-2-29-21(28)12-19-14-30-22(24-19)25-23-13-16-5-9-18(10-6-16)17-7-3-15(4-8-17)11-20(26)27/h3-10,13-14H,2,11-12H2,1H3,(H,24,25)(H,26,27). The fourth-order valence-electron chi connectivity index (χ4n) is 2.71. The number of aliphatic carboxylic acids is 1. The molecule has 3 aromatic rings. The molecule has 154 valence electrons. The van der Waals surface area contributed by atoms with Crippen molar-refractivity contribution >= 4 is 34.6 Å². The molecule has 0 amide bonds. The maximum atomic E-state index is 11.5.